The van der Waals surface area contributed by atoms with Crippen molar-refractivity contribution in [2.75, 3.05) is 11.4 Å². The van der Waals surface area contributed by atoms with Crippen LogP contribution in [0.3, 0.4) is 0 Å². The van der Waals surface area contributed by atoms with E-state index in [1.165, 1.54) is 35.2 Å². The van der Waals surface area contributed by atoms with Crippen molar-refractivity contribution in [2.24, 2.45) is 11.3 Å². The molecule has 6 heteroatoms. The summed E-state index contributed by atoms with van der Waals surface area (Å²) in [6, 6.07) is 11.4. The van der Waals surface area contributed by atoms with Crippen LogP contribution in [-0.4, -0.2) is 24.0 Å². The van der Waals surface area contributed by atoms with Gasteiger partial charge in [-0.2, -0.15) is 0 Å². The van der Waals surface area contributed by atoms with Crippen molar-refractivity contribution in [3.05, 3.63) is 65.7 Å². The smallest absolute Gasteiger partial charge is 0.233 e. The van der Waals surface area contributed by atoms with Crippen molar-refractivity contribution >= 4 is 23.2 Å². The first-order valence-corrected chi connectivity index (χ1v) is 9.74. The van der Waals surface area contributed by atoms with Gasteiger partial charge < -0.3 is 4.90 Å². The summed E-state index contributed by atoms with van der Waals surface area (Å²) in [5.41, 5.74) is -0.0809. The van der Waals surface area contributed by atoms with E-state index in [4.69, 9.17) is 0 Å². The van der Waals surface area contributed by atoms with Crippen LogP contribution in [0.25, 0.3) is 0 Å². The van der Waals surface area contributed by atoms with E-state index in [-0.39, 0.29) is 48.2 Å². The van der Waals surface area contributed by atoms with E-state index < -0.39 is 17.0 Å². The Balaban J connectivity index is 1.52. The second kappa shape index (κ2) is 7.50. The Morgan fingerprint density at radius 1 is 1.07 bits per heavy atom. The molecular weight excluding hydrogens is 376 g/mol. The third kappa shape index (κ3) is 3.84. The van der Waals surface area contributed by atoms with Crippen LogP contribution in [0.4, 0.5) is 14.5 Å². The fourth-order valence-corrected chi connectivity index (χ4v) is 4.72. The molecule has 2 atom stereocenters. The molecule has 150 valence electrons. The first kappa shape index (κ1) is 19.4. The number of hydrogen-bond acceptors (Lipinski definition) is 3. The number of carbonyl (C=O) groups is 3. The summed E-state index contributed by atoms with van der Waals surface area (Å²) in [7, 11) is 0. The highest BCUT2D eigenvalue weighted by Crippen LogP contribution is 2.47. The van der Waals surface area contributed by atoms with E-state index in [1.54, 1.807) is 18.2 Å². The monoisotopic (exact) mass is 397 g/mol. The molecule has 1 amide bonds. The molecule has 0 N–H and O–H groups in total. The number of benzene rings is 2. The number of anilines is 1. The molecule has 0 aromatic heterocycles. The molecule has 1 saturated heterocycles. The summed E-state index contributed by atoms with van der Waals surface area (Å²) in [6.07, 6.45) is 1.44. The van der Waals surface area contributed by atoms with Crippen LogP contribution in [0.15, 0.2) is 48.5 Å². The maximum atomic E-state index is 13.6. The zero-order valence-corrected chi connectivity index (χ0v) is 15.9. The Hall–Kier alpha value is -2.89. The highest BCUT2D eigenvalue weighted by molar-refractivity contribution is 6.03. The summed E-state index contributed by atoms with van der Waals surface area (Å²) in [5.74, 6) is -1.62. The summed E-state index contributed by atoms with van der Waals surface area (Å²) in [5, 5.41) is 0. The lowest BCUT2D eigenvalue weighted by Crippen LogP contribution is -2.41. The zero-order chi connectivity index (χ0) is 20.6. The van der Waals surface area contributed by atoms with Gasteiger partial charge in [0.2, 0.25) is 5.91 Å². The Kier molecular flexibility index (Phi) is 5.03. The van der Waals surface area contributed by atoms with Crippen LogP contribution in [0.2, 0.25) is 0 Å². The van der Waals surface area contributed by atoms with Crippen LogP contribution in [0.5, 0.6) is 0 Å². The van der Waals surface area contributed by atoms with Crippen molar-refractivity contribution in [2.45, 2.75) is 32.1 Å². The molecule has 2 fully saturated rings. The van der Waals surface area contributed by atoms with Gasteiger partial charge in [0, 0.05) is 37.1 Å². The minimum Gasteiger partial charge on any atom is -0.312 e. The van der Waals surface area contributed by atoms with Crippen LogP contribution in [0.1, 0.15) is 42.5 Å². The van der Waals surface area contributed by atoms with Gasteiger partial charge in [-0.3, -0.25) is 14.4 Å². The lowest BCUT2D eigenvalue weighted by Gasteiger charge is -2.35. The minimum absolute atomic E-state index is 0.0391. The van der Waals surface area contributed by atoms with Crippen molar-refractivity contribution < 1.29 is 23.2 Å². The highest BCUT2D eigenvalue weighted by Gasteiger charge is 2.51. The number of Topliss-reactive ketones (excluding diaryl/α,β-unsaturated/α-hetero) is 2. The normalized spacial score (nSPS) is 24.3. The molecule has 2 aliphatic rings. The first-order chi connectivity index (χ1) is 13.9. The largest absolute Gasteiger partial charge is 0.312 e. The summed E-state index contributed by atoms with van der Waals surface area (Å²) >= 11 is 0. The maximum Gasteiger partial charge on any atom is 0.233 e. The topological polar surface area (TPSA) is 54.5 Å². The van der Waals surface area contributed by atoms with Gasteiger partial charge >= 0.3 is 0 Å². The SMILES string of the molecule is O=C1C[C@@H](CC(=O)c2cccc(F)c2)C[C@]2(CCN(c3cccc(F)c3)C2=O)C1. The number of ketones is 2. The molecule has 0 unspecified atom stereocenters. The molecule has 0 radical (unpaired) electrons. The highest BCUT2D eigenvalue weighted by atomic mass is 19.1. The summed E-state index contributed by atoms with van der Waals surface area (Å²) in [6.45, 7) is 0.417. The number of amides is 1. The molecule has 2 aromatic rings. The lowest BCUT2D eigenvalue weighted by atomic mass is 9.67. The van der Waals surface area contributed by atoms with E-state index in [9.17, 15) is 23.2 Å². The van der Waals surface area contributed by atoms with Gasteiger partial charge in [-0.15, -0.1) is 0 Å². The average Bonchev–Trinajstić information content (AvgIpc) is 2.96. The Bertz CT molecular complexity index is 990. The fourth-order valence-electron chi connectivity index (χ4n) is 4.72. The standard InChI is InChI=1S/C23H21F2NO3/c24-17-4-1-3-16(11-17)21(28)10-15-9-20(27)14-23(13-15)7-8-26(22(23)29)19-6-2-5-18(25)12-19/h1-6,11-12,15H,7-10,13-14H2/t15-,23+/m0/s1. The van der Waals surface area contributed by atoms with Crippen molar-refractivity contribution in [1.82, 2.24) is 0 Å². The van der Waals surface area contributed by atoms with Gasteiger partial charge in [-0.1, -0.05) is 18.2 Å². The molecule has 1 aliphatic heterocycles. The van der Waals surface area contributed by atoms with Crippen LogP contribution < -0.4 is 4.90 Å². The average molecular weight is 397 g/mol. The predicted molar refractivity (Wildman–Crippen MR) is 103 cm³/mol. The van der Waals surface area contributed by atoms with Crippen LogP contribution >= 0.6 is 0 Å². The van der Waals surface area contributed by atoms with Gasteiger partial charge in [0.25, 0.3) is 0 Å². The van der Waals surface area contributed by atoms with Crippen LogP contribution in [-0.2, 0) is 9.59 Å². The Morgan fingerprint density at radius 3 is 2.52 bits per heavy atom. The van der Waals surface area contributed by atoms with Gasteiger partial charge in [-0.25, -0.2) is 8.78 Å². The molecule has 1 heterocycles. The van der Waals surface area contributed by atoms with E-state index in [0.29, 0.717) is 25.1 Å². The number of hydrogen-bond donors (Lipinski definition) is 0. The Morgan fingerprint density at radius 2 is 1.79 bits per heavy atom. The fraction of sp³-hybridized carbons (Fsp3) is 0.348. The molecule has 2 aromatic carbocycles. The third-order valence-electron chi connectivity index (χ3n) is 5.98. The van der Waals surface area contributed by atoms with Crippen molar-refractivity contribution in [3.63, 3.8) is 0 Å². The third-order valence-corrected chi connectivity index (χ3v) is 5.98. The van der Waals surface area contributed by atoms with Crippen LogP contribution in [0, 0.1) is 23.0 Å². The first-order valence-electron chi connectivity index (χ1n) is 9.74. The van der Waals surface area contributed by atoms with E-state index in [1.807, 2.05) is 0 Å². The minimum atomic E-state index is -0.839. The quantitative estimate of drug-likeness (QED) is 0.722. The summed E-state index contributed by atoms with van der Waals surface area (Å²) < 4.78 is 27.0. The van der Waals surface area contributed by atoms with Gasteiger partial charge in [0.1, 0.15) is 17.4 Å². The molecule has 4 nitrogen and oxygen atoms in total. The molecule has 1 aliphatic carbocycles. The maximum absolute atomic E-state index is 13.6. The van der Waals surface area contributed by atoms with Crippen molar-refractivity contribution in [3.8, 4) is 0 Å². The second-order valence-corrected chi connectivity index (χ2v) is 8.09. The molecule has 0 bridgehead atoms. The molecule has 29 heavy (non-hydrogen) atoms. The summed E-state index contributed by atoms with van der Waals surface area (Å²) in [4.78, 5) is 39.7. The number of rotatable bonds is 4. The number of halogens is 2. The second-order valence-electron chi connectivity index (χ2n) is 8.09. The molecular formula is C23H21F2NO3. The van der Waals surface area contributed by atoms with E-state index in [2.05, 4.69) is 0 Å². The predicted octanol–water partition coefficient (Wildman–Crippen LogP) is 4.33. The van der Waals surface area contributed by atoms with Crippen molar-refractivity contribution in [1.29, 1.82) is 0 Å². The van der Waals surface area contributed by atoms with E-state index in [0.717, 1.165) is 0 Å². The van der Waals surface area contributed by atoms with Gasteiger partial charge in [0.15, 0.2) is 5.78 Å². The van der Waals surface area contributed by atoms with Gasteiger partial charge in [-0.05, 0) is 49.1 Å². The number of carbonyl (C=O) groups excluding carboxylic acids is 3. The lowest BCUT2D eigenvalue weighted by molar-refractivity contribution is -0.136. The molecule has 4 rings (SSSR count). The molecule has 1 saturated carbocycles. The number of nitrogens with zero attached hydrogens (tertiary/aromatic N) is 1. The molecule has 1 spiro atoms. The van der Waals surface area contributed by atoms with E-state index >= 15 is 0 Å². The zero-order valence-electron chi connectivity index (χ0n) is 15.9. The Labute approximate surface area is 167 Å². The van der Waals surface area contributed by atoms with Gasteiger partial charge in [0.05, 0.1) is 5.41 Å².